The first-order valence-corrected chi connectivity index (χ1v) is 10.5. The Hall–Kier alpha value is -3.22. The normalized spacial score (nSPS) is 14.8. The average Bonchev–Trinajstić information content (AvgIpc) is 3.21. The van der Waals surface area contributed by atoms with Gasteiger partial charge in [-0.05, 0) is 49.7 Å². The van der Waals surface area contributed by atoms with E-state index in [1.807, 2.05) is 62.5 Å². The average molecular weight is 453 g/mol. The van der Waals surface area contributed by atoms with Crippen LogP contribution in [0.3, 0.4) is 0 Å². The summed E-state index contributed by atoms with van der Waals surface area (Å²) >= 11 is 0. The van der Waals surface area contributed by atoms with Gasteiger partial charge in [0.25, 0.3) is 0 Å². The fraction of sp³-hybridized carbons (Fsp3) is 0.240. The molecule has 0 fully saturated rings. The molecular weight excluding hydrogens is 428 g/mol. The van der Waals surface area contributed by atoms with Crippen LogP contribution in [-0.2, 0) is 6.54 Å². The second-order valence-corrected chi connectivity index (χ2v) is 7.43. The van der Waals surface area contributed by atoms with Gasteiger partial charge in [-0.2, -0.15) is 0 Å². The molecule has 1 unspecified atom stereocenters. The minimum Gasteiger partial charge on any atom is -0.490 e. The van der Waals surface area contributed by atoms with Crippen LogP contribution in [0.25, 0.3) is 16.7 Å². The smallest absolute Gasteiger partial charge is 0.197 e. The molecule has 2 aromatic carbocycles. The van der Waals surface area contributed by atoms with Crippen LogP contribution >= 0.6 is 12.4 Å². The van der Waals surface area contributed by atoms with Crippen molar-refractivity contribution in [3.63, 3.8) is 0 Å². The van der Waals surface area contributed by atoms with Crippen LogP contribution in [0.15, 0.2) is 70.2 Å². The monoisotopic (exact) mass is 452 g/mol. The highest BCUT2D eigenvalue weighted by Crippen LogP contribution is 2.37. The van der Waals surface area contributed by atoms with E-state index in [1.165, 1.54) is 0 Å². The summed E-state index contributed by atoms with van der Waals surface area (Å²) in [6.07, 6.45) is 3.58. The highest BCUT2D eigenvalue weighted by molar-refractivity contribution is 5.85. The van der Waals surface area contributed by atoms with Gasteiger partial charge in [-0.25, -0.2) is 0 Å². The van der Waals surface area contributed by atoms with Crippen molar-refractivity contribution >= 4 is 23.4 Å². The minimum absolute atomic E-state index is 0. The van der Waals surface area contributed by atoms with Gasteiger partial charge in [-0.1, -0.05) is 12.1 Å². The van der Waals surface area contributed by atoms with E-state index in [0.717, 1.165) is 22.7 Å². The lowest BCUT2D eigenvalue weighted by Crippen LogP contribution is -2.26. The Balaban J connectivity index is 0.00000245. The van der Waals surface area contributed by atoms with Crippen molar-refractivity contribution in [3.05, 3.63) is 88.0 Å². The molecule has 1 atom stereocenters. The molecule has 0 saturated carbocycles. The maximum absolute atomic E-state index is 13.3. The highest BCUT2D eigenvalue weighted by atomic mass is 35.5. The van der Waals surface area contributed by atoms with Gasteiger partial charge >= 0.3 is 0 Å². The standard InChI is InChI=1S/C25H24N2O4.ClH/c1-3-29-22-12-16-14-26-24(18-15-31-21-10-6-5-8-17(21)25(18)28)19-9-7-11-27(19)20(16)13-23(22)30-4-2;/h5-13,15,24,26H,3-4,14H2,1-2H3;1H. The van der Waals surface area contributed by atoms with Crippen LogP contribution in [0.2, 0.25) is 0 Å². The molecule has 3 heterocycles. The van der Waals surface area contributed by atoms with Crippen LogP contribution in [0.5, 0.6) is 11.5 Å². The summed E-state index contributed by atoms with van der Waals surface area (Å²) in [6, 6.07) is 15.1. The molecule has 7 heteroatoms. The second kappa shape index (κ2) is 9.10. The fourth-order valence-corrected chi connectivity index (χ4v) is 4.22. The topological polar surface area (TPSA) is 65.6 Å². The lowest BCUT2D eigenvalue weighted by atomic mass is 10.0. The van der Waals surface area contributed by atoms with Crippen LogP contribution in [0.1, 0.15) is 36.7 Å². The maximum atomic E-state index is 13.3. The Kier molecular flexibility index (Phi) is 6.26. The molecule has 0 bridgehead atoms. The number of halogens is 1. The van der Waals surface area contributed by atoms with E-state index in [2.05, 4.69) is 9.88 Å². The summed E-state index contributed by atoms with van der Waals surface area (Å²) in [4.78, 5) is 13.3. The molecular formula is C25H25ClN2O4. The molecule has 0 radical (unpaired) electrons. The summed E-state index contributed by atoms with van der Waals surface area (Å²) in [5.41, 5.74) is 4.19. The van der Waals surface area contributed by atoms with Crippen molar-refractivity contribution in [1.29, 1.82) is 0 Å². The van der Waals surface area contributed by atoms with Crippen molar-refractivity contribution in [2.75, 3.05) is 13.2 Å². The van der Waals surface area contributed by atoms with Gasteiger partial charge in [0.05, 0.1) is 35.9 Å². The van der Waals surface area contributed by atoms with E-state index in [9.17, 15) is 4.79 Å². The van der Waals surface area contributed by atoms with E-state index in [1.54, 1.807) is 12.3 Å². The number of ether oxygens (including phenoxy) is 2. The van der Waals surface area contributed by atoms with Crippen LogP contribution in [-0.4, -0.2) is 17.8 Å². The molecule has 166 valence electrons. The Morgan fingerprint density at radius 2 is 1.81 bits per heavy atom. The summed E-state index contributed by atoms with van der Waals surface area (Å²) in [6.45, 7) is 5.59. The first kappa shape index (κ1) is 22.0. The zero-order valence-electron chi connectivity index (χ0n) is 18.0. The van der Waals surface area contributed by atoms with Crippen LogP contribution in [0.4, 0.5) is 0 Å². The van der Waals surface area contributed by atoms with Gasteiger partial charge in [-0.15, -0.1) is 12.4 Å². The number of hydrogen-bond acceptors (Lipinski definition) is 5. The molecule has 4 aromatic rings. The summed E-state index contributed by atoms with van der Waals surface area (Å²) in [5, 5.41) is 4.13. The lowest BCUT2D eigenvalue weighted by Gasteiger charge is -2.17. The van der Waals surface area contributed by atoms with Crippen molar-refractivity contribution in [3.8, 4) is 17.2 Å². The van der Waals surface area contributed by atoms with Crippen molar-refractivity contribution in [1.82, 2.24) is 9.88 Å². The quantitative estimate of drug-likeness (QED) is 0.462. The minimum atomic E-state index is -0.311. The Morgan fingerprint density at radius 1 is 1.06 bits per heavy atom. The number of rotatable bonds is 5. The third-order valence-corrected chi connectivity index (χ3v) is 5.59. The first-order valence-electron chi connectivity index (χ1n) is 10.5. The zero-order valence-corrected chi connectivity index (χ0v) is 18.8. The molecule has 1 N–H and O–H groups in total. The maximum Gasteiger partial charge on any atom is 0.197 e. The molecule has 1 aliphatic heterocycles. The van der Waals surface area contributed by atoms with Crippen LogP contribution < -0.4 is 20.2 Å². The van der Waals surface area contributed by atoms with Gasteiger partial charge in [-0.3, -0.25) is 4.79 Å². The molecule has 0 saturated heterocycles. The molecule has 0 spiro atoms. The number of benzene rings is 2. The first-order chi connectivity index (χ1) is 15.2. The molecule has 0 aliphatic carbocycles. The highest BCUT2D eigenvalue weighted by Gasteiger charge is 2.27. The second-order valence-electron chi connectivity index (χ2n) is 7.43. The van der Waals surface area contributed by atoms with Crippen LogP contribution in [0, 0.1) is 0 Å². The number of hydrogen-bond donors (Lipinski definition) is 1. The zero-order chi connectivity index (χ0) is 21.4. The molecule has 0 amide bonds. The number of fused-ring (bicyclic) bond motifs is 4. The third kappa shape index (κ3) is 3.66. The van der Waals surface area contributed by atoms with Gasteiger partial charge in [0.1, 0.15) is 11.8 Å². The van der Waals surface area contributed by atoms with E-state index < -0.39 is 0 Å². The summed E-state index contributed by atoms with van der Waals surface area (Å²) in [5.74, 6) is 1.44. The van der Waals surface area contributed by atoms with Gasteiger partial charge in [0.2, 0.25) is 0 Å². The van der Waals surface area contributed by atoms with E-state index in [-0.39, 0.29) is 23.9 Å². The number of aromatic nitrogens is 1. The molecule has 5 rings (SSSR count). The van der Waals surface area contributed by atoms with Crippen molar-refractivity contribution in [2.24, 2.45) is 0 Å². The molecule has 6 nitrogen and oxygen atoms in total. The SMILES string of the molecule is CCOc1cc2c(cc1OCC)-n1cccc1C(c1coc3ccccc3c1=O)NC2.Cl. The van der Waals surface area contributed by atoms with E-state index >= 15 is 0 Å². The number of nitrogens with zero attached hydrogens (tertiary/aromatic N) is 1. The summed E-state index contributed by atoms with van der Waals surface area (Å²) in [7, 11) is 0. The molecule has 1 aliphatic rings. The van der Waals surface area contributed by atoms with E-state index in [0.29, 0.717) is 42.0 Å². The third-order valence-electron chi connectivity index (χ3n) is 5.59. The Labute approximate surface area is 192 Å². The predicted molar refractivity (Wildman–Crippen MR) is 127 cm³/mol. The molecule has 32 heavy (non-hydrogen) atoms. The number of nitrogens with one attached hydrogen (secondary N) is 1. The van der Waals surface area contributed by atoms with Gasteiger partial charge in [0, 0.05) is 24.5 Å². The molecule has 2 aromatic heterocycles. The fourth-order valence-electron chi connectivity index (χ4n) is 4.22. The van der Waals surface area contributed by atoms with Crippen molar-refractivity contribution < 1.29 is 13.9 Å². The number of para-hydroxylation sites is 1. The largest absolute Gasteiger partial charge is 0.490 e. The van der Waals surface area contributed by atoms with E-state index in [4.69, 9.17) is 13.9 Å². The van der Waals surface area contributed by atoms with Crippen molar-refractivity contribution in [2.45, 2.75) is 26.4 Å². The predicted octanol–water partition coefficient (Wildman–Crippen LogP) is 5.00. The lowest BCUT2D eigenvalue weighted by molar-refractivity contribution is 0.287. The Morgan fingerprint density at radius 3 is 2.59 bits per heavy atom. The Bertz CT molecular complexity index is 1310. The van der Waals surface area contributed by atoms with Gasteiger partial charge < -0.3 is 23.8 Å². The van der Waals surface area contributed by atoms with Gasteiger partial charge in [0.15, 0.2) is 16.9 Å². The summed E-state index contributed by atoms with van der Waals surface area (Å²) < 4.78 is 19.6.